The third-order valence-electron chi connectivity index (χ3n) is 6.76. The van der Waals surface area contributed by atoms with E-state index >= 15 is 0 Å². The first-order valence-electron chi connectivity index (χ1n) is 11.5. The fourth-order valence-electron chi connectivity index (χ4n) is 5.04. The van der Waals surface area contributed by atoms with Crippen LogP contribution in [0.15, 0.2) is 48.5 Å². The molecule has 1 N–H and O–H groups in total. The molecule has 4 rings (SSSR count). The lowest BCUT2D eigenvalue weighted by Gasteiger charge is -2.48. The molecule has 1 amide bonds. The molecule has 0 aromatic heterocycles. The highest BCUT2D eigenvalue weighted by molar-refractivity contribution is 5.97. The van der Waals surface area contributed by atoms with Crippen molar-refractivity contribution in [3.63, 3.8) is 0 Å². The normalized spacial score (nSPS) is 24.9. The van der Waals surface area contributed by atoms with Crippen LogP contribution in [0.25, 0.3) is 0 Å². The number of amides is 1. The average molecular weight is 456 g/mol. The van der Waals surface area contributed by atoms with Crippen molar-refractivity contribution in [1.29, 1.82) is 0 Å². The van der Waals surface area contributed by atoms with Crippen LogP contribution in [0.5, 0.6) is 5.75 Å². The molecule has 0 bridgehead atoms. The van der Waals surface area contributed by atoms with Gasteiger partial charge in [-0.2, -0.15) is 0 Å². The van der Waals surface area contributed by atoms with Crippen LogP contribution in [-0.2, 0) is 9.53 Å². The van der Waals surface area contributed by atoms with Crippen molar-refractivity contribution in [2.75, 3.05) is 19.7 Å². The van der Waals surface area contributed by atoms with E-state index in [-0.39, 0.29) is 41.5 Å². The van der Waals surface area contributed by atoms with Crippen LogP contribution < -0.4 is 4.74 Å². The Morgan fingerprint density at radius 3 is 2.61 bits per heavy atom. The van der Waals surface area contributed by atoms with Crippen molar-refractivity contribution < 1.29 is 28.6 Å². The minimum absolute atomic E-state index is 0.0395. The Morgan fingerprint density at radius 2 is 1.91 bits per heavy atom. The minimum Gasteiger partial charge on any atom is -0.481 e. The summed E-state index contributed by atoms with van der Waals surface area (Å²) in [5.41, 5.74) is 1.37. The SMILES string of the molecule is CC(C)[C@H]1C[C@@H]2CN(C(=O)c3ccccc3OCC(=O)O)CC[C@@H]2O[C@@H]1c1ccc(F)cc1. The second-order valence-electron chi connectivity index (χ2n) is 9.27. The van der Waals surface area contributed by atoms with Gasteiger partial charge in [-0.25, -0.2) is 9.18 Å². The number of hydrogen-bond donors (Lipinski definition) is 1. The molecule has 2 saturated heterocycles. The van der Waals surface area contributed by atoms with E-state index in [0.717, 1.165) is 18.4 Å². The van der Waals surface area contributed by atoms with Crippen molar-refractivity contribution in [2.24, 2.45) is 17.8 Å². The third-order valence-corrected chi connectivity index (χ3v) is 6.76. The number of likely N-dealkylation sites (tertiary alicyclic amines) is 1. The van der Waals surface area contributed by atoms with Gasteiger partial charge in [0.15, 0.2) is 6.61 Å². The van der Waals surface area contributed by atoms with E-state index in [1.807, 2.05) is 17.0 Å². The molecule has 0 radical (unpaired) electrons. The number of hydrogen-bond acceptors (Lipinski definition) is 4. The van der Waals surface area contributed by atoms with Gasteiger partial charge in [0, 0.05) is 19.0 Å². The maximum atomic E-state index is 13.4. The first-order chi connectivity index (χ1) is 15.8. The second-order valence-corrected chi connectivity index (χ2v) is 9.27. The summed E-state index contributed by atoms with van der Waals surface area (Å²) in [6, 6.07) is 13.3. The summed E-state index contributed by atoms with van der Waals surface area (Å²) in [7, 11) is 0. The lowest BCUT2D eigenvalue weighted by atomic mass is 9.74. The van der Waals surface area contributed by atoms with Crippen LogP contribution in [-0.4, -0.2) is 47.7 Å². The number of carbonyl (C=O) groups is 2. The van der Waals surface area contributed by atoms with Gasteiger partial charge < -0.3 is 19.5 Å². The molecule has 176 valence electrons. The van der Waals surface area contributed by atoms with E-state index in [0.29, 0.717) is 24.6 Å². The number of piperidine rings is 1. The molecular formula is C26H30FNO5. The van der Waals surface area contributed by atoms with Crippen LogP contribution in [0, 0.1) is 23.6 Å². The summed E-state index contributed by atoms with van der Waals surface area (Å²) in [4.78, 5) is 26.0. The van der Waals surface area contributed by atoms with E-state index in [9.17, 15) is 14.0 Å². The number of ether oxygens (including phenoxy) is 2. The van der Waals surface area contributed by atoms with Crippen LogP contribution in [0.2, 0.25) is 0 Å². The number of benzene rings is 2. The number of carboxylic acids is 1. The largest absolute Gasteiger partial charge is 0.481 e. The van der Waals surface area contributed by atoms with E-state index in [1.165, 1.54) is 12.1 Å². The first kappa shape index (κ1) is 23.2. The first-order valence-corrected chi connectivity index (χ1v) is 11.5. The third kappa shape index (κ3) is 5.19. The highest BCUT2D eigenvalue weighted by Gasteiger charge is 2.43. The maximum Gasteiger partial charge on any atom is 0.341 e. The predicted molar refractivity (Wildman–Crippen MR) is 121 cm³/mol. The van der Waals surface area contributed by atoms with Gasteiger partial charge in [0.25, 0.3) is 5.91 Å². The number of rotatable bonds is 6. The fourth-order valence-corrected chi connectivity index (χ4v) is 5.04. The molecule has 33 heavy (non-hydrogen) atoms. The highest BCUT2D eigenvalue weighted by Crippen LogP contribution is 2.45. The highest BCUT2D eigenvalue weighted by atomic mass is 19.1. The van der Waals surface area contributed by atoms with E-state index in [2.05, 4.69) is 13.8 Å². The molecule has 7 heteroatoms. The Labute approximate surface area is 193 Å². The number of nitrogens with zero attached hydrogens (tertiary/aromatic N) is 1. The van der Waals surface area contributed by atoms with Crippen LogP contribution in [0.4, 0.5) is 4.39 Å². The summed E-state index contributed by atoms with van der Waals surface area (Å²) in [5, 5.41) is 8.92. The second kappa shape index (κ2) is 9.91. The van der Waals surface area contributed by atoms with Gasteiger partial charge in [0.05, 0.1) is 17.8 Å². The predicted octanol–water partition coefficient (Wildman–Crippen LogP) is 4.55. The van der Waals surface area contributed by atoms with Gasteiger partial charge in [-0.1, -0.05) is 38.1 Å². The Balaban J connectivity index is 1.48. The van der Waals surface area contributed by atoms with E-state index in [1.54, 1.807) is 24.3 Å². The smallest absolute Gasteiger partial charge is 0.341 e. The van der Waals surface area contributed by atoms with Crippen molar-refractivity contribution in [2.45, 2.75) is 38.9 Å². The van der Waals surface area contributed by atoms with E-state index in [4.69, 9.17) is 14.6 Å². The fraction of sp³-hybridized carbons (Fsp3) is 0.462. The van der Waals surface area contributed by atoms with E-state index < -0.39 is 12.6 Å². The quantitative estimate of drug-likeness (QED) is 0.691. The minimum atomic E-state index is -1.09. The molecule has 2 heterocycles. The zero-order chi connectivity index (χ0) is 23.5. The van der Waals surface area contributed by atoms with Gasteiger partial charge in [-0.3, -0.25) is 4.79 Å². The lowest BCUT2D eigenvalue weighted by Crippen LogP contribution is -2.51. The number of aliphatic carboxylic acids is 1. The number of fused-ring (bicyclic) bond motifs is 1. The maximum absolute atomic E-state index is 13.4. The molecule has 0 spiro atoms. The van der Waals surface area contributed by atoms with Gasteiger partial charge >= 0.3 is 5.97 Å². The molecule has 0 saturated carbocycles. The monoisotopic (exact) mass is 455 g/mol. The summed E-state index contributed by atoms with van der Waals surface area (Å²) in [6.45, 7) is 4.98. The van der Waals surface area contributed by atoms with Gasteiger partial charge in [0.2, 0.25) is 0 Å². The van der Waals surface area contributed by atoms with Crippen LogP contribution >= 0.6 is 0 Å². The Bertz CT molecular complexity index is 992. The number of carbonyl (C=O) groups excluding carboxylic acids is 1. The van der Waals surface area contributed by atoms with Crippen LogP contribution in [0.1, 0.15) is 48.7 Å². The number of carboxylic acid groups (broad SMARTS) is 1. The van der Waals surface area contributed by atoms with Gasteiger partial charge in [0.1, 0.15) is 11.6 Å². The summed E-state index contributed by atoms with van der Waals surface area (Å²) >= 11 is 0. The van der Waals surface area contributed by atoms with Crippen molar-refractivity contribution in [1.82, 2.24) is 4.90 Å². The summed E-state index contributed by atoms with van der Waals surface area (Å²) in [6.07, 6.45) is 1.60. The Morgan fingerprint density at radius 1 is 1.18 bits per heavy atom. The molecule has 2 fully saturated rings. The number of para-hydroxylation sites is 1. The van der Waals surface area contributed by atoms with Gasteiger partial charge in [-0.05, 0) is 54.5 Å². The van der Waals surface area contributed by atoms with Crippen molar-refractivity contribution in [3.05, 3.63) is 65.5 Å². The van der Waals surface area contributed by atoms with Crippen molar-refractivity contribution >= 4 is 11.9 Å². The molecule has 4 atom stereocenters. The summed E-state index contributed by atoms with van der Waals surface area (Å²) in [5.74, 6) is -0.380. The van der Waals surface area contributed by atoms with Gasteiger partial charge in [-0.15, -0.1) is 0 Å². The molecular weight excluding hydrogens is 425 g/mol. The zero-order valence-electron chi connectivity index (χ0n) is 18.9. The Hall–Kier alpha value is -2.93. The molecule has 6 nitrogen and oxygen atoms in total. The average Bonchev–Trinajstić information content (AvgIpc) is 2.81. The molecule has 2 aliphatic heterocycles. The molecule has 2 aliphatic rings. The zero-order valence-corrected chi connectivity index (χ0v) is 18.9. The summed E-state index contributed by atoms with van der Waals surface area (Å²) < 4.78 is 25.3. The van der Waals surface area contributed by atoms with Crippen LogP contribution in [0.3, 0.4) is 0 Å². The standard InChI is InChI=1S/C26H30FNO5/c1-16(2)21-13-18-14-28(26(31)20-5-3-4-6-23(20)32-15-24(29)30)12-11-22(18)33-25(21)17-7-9-19(27)10-8-17/h3-10,16,18,21-22,25H,11-15H2,1-2H3,(H,29,30)/t18-,21-,22+,25-/m1/s1. The Kier molecular flexibility index (Phi) is 6.98. The number of halogens is 1. The lowest BCUT2D eigenvalue weighted by molar-refractivity contribution is -0.147. The molecule has 2 aromatic carbocycles. The molecule has 2 aromatic rings. The molecule has 0 aliphatic carbocycles. The molecule has 0 unspecified atom stereocenters. The topological polar surface area (TPSA) is 76.1 Å². The van der Waals surface area contributed by atoms with Crippen molar-refractivity contribution in [3.8, 4) is 5.75 Å².